The Kier molecular flexibility index (Phi) is 7.43. The Bertz CT molecular complexity index is 903. The first-order chi connectivity index (χ1) is 14.5. The Balaban J connectivity index is 2.03. The van der Waals surface area contributed by atoms with Crippen LogP contribution in [0.5, 0.6) is 5.75 Å². The number of nitrogens with zero attached hydrogens (tertiary/aromatic N) is 1. The van der Waals surface area contributed by atoms with Crippen LogP contribution in [0.1, 0.15) is 39.5 Å². The van der Waals surface area contributed by atoms with Crippen LogP contribution < -0.4 is 9.64 Å². The second kappa shape index (κ2) is 10.0. The number of halogens is 1. The molecule has 2 aromatic rings. The van der Waals surface area contributed by atoms with Crippen LogP contribution in [-0.4, -0.2) is 23.4 Å². The van der Waals surface area contributed by atoms with Crippen molar-refractivity contribution in [3.05, 3.63) is 60.6 Å². The number of fused-ring (bicyclic) bond motifs is 1. The van der Waals surface area contributed by atoms with Gasteiger partial charge < -0.3 is 14.7 Å². The minimum atomic E-state index is -1.14. The molecule has 2 aromatic carbocycles. The molecule has 1 atom stereocenters. The maximum Gasteiger partial charge on any atom is 0.331 e. The fourth-order valence-corrected chi connectivity index (χ4v) is 5.14. The highest BCUT2D eigenvalue weighted by Crippen LogP contribution is 2.48. The number of benzene rings is 2. The summed E-state index contributed by atoms with van der Waals surface area (Å²) in [6.45, 7) is 5.27. The van der Waals surface area contributed by atoms with E-state index in [2.05, 4.69) is 30.9 Å². The monoisotopic (exact) mass is 429 g/mol. The zero-order valence-electron chi connectivity index (χ0n) is 17.4. The molecule has 1 aliphatic rings. The van der Waals surface area contributed by atoms with Gasteiger partial charge >= 0.3 is 5.97 Å². The average Bonchev–Trinajstić information content (AvgIpc) is 2.90. The van der Waals surface area contributed by atoms with Gasteiger partial charge in [-0.3, -0.25) is 0 Å². The molecule has 0 fully saturated rings. The molecule has 1 unspecified atom stereocenters. The fraction of sp³-hybridized carbons (Fsp3) is 0.375. The lowest BCUT2D eigenvalue weighted by molar-refractivity contribution is -0.131. The topological polar surface area (TPSA) is 49.8 Å². The molecule has 0 aliphatic carbocycles. The molecule has 0 spiro atoms. The molecule has 0 bridgehead atoms. The Morgan fingerprint density at radius 2 is 2.07 bits per heavy atom. The number of aliphatic carboxylic acids is 1. The van der Waals surface area contributed by atoms with Crippen LogP contribution in [0.2, 0.25) is 0 Å². The molecule has 30 heavy (non-hydrogen) atoms. The second-order valence-corrected chi connectivity index (χ2v) is 8.69. The van der Waals surface area contributed by atoms with E-state index in [1.807, 2.05) is 18.2 Å². The van der Waals surface area contributed by atoms with Crippen molar-refractivity contribution < 1.29 is 19.0 Å². The van der Waals surface area contributed by atoms with E-state index in [0.29, 0.717) is 0 Å². The number of carboxylic acids is 1. The van der Waals surface area contributed by atoms with Gasteiger partial charge in [0.2, 0.25) is 0 Å². The molecule has 0 saturated carbocycles. The molecule has 4 nitrogen and oxygen atoms in total. The quantitative estimate of drug-likeness (QED) is 0.377. The van der Waals surface area contributed by atoms with Crippen LogP contribution in [0.4, 0.5) is 15.8 Å². The number of unbranched alkanes of at least 4 members (excludes halogenated alkanes) is 1. The summed E-state index contributed by atoms with van der Waals surface area (Å²) in [5.74, 6) is -0.679. The van der Waals surface area contributed by atoms with E-state index in [1.165, 1.54) is 6.07 Å². The number of carbonyl (C=O) groups is 1. The molecule has 3 rings (SSSR count). The van der Waals surface area contributed by atoms with Crippen molar-refractivity contribution in [1.82, 2.24) is 0 Å². The average molecular weight is 430 g/mol. The van der Waals surface area contributed by atoms with Crippen LogP contribution >= 0.6 is 11.8 Å². The van der Waals surface area contributed by atoms with E-state index in [9.17, 15) is 9.18 Å². The first kappa shape index (κ1) is 22.2. The van der Waals surface area contributed by atoms with Crippen molar-refractivity contribution in [3.63, 3.8) is 0 Å². The van der Waals surface area contributed by atoms with Gasteiger partial charge in [-0.2, -0.15) is 0 Å². The Morgan fingerprint density at radius 1 is 1.30 bits per heavy atom. The van der Waals surface area contributed by atoms with Gasteiger partial charge in [0.25, 0.3) is 0 Å². The molecule has 0 amide bonds. The molecule has 1 N–H and O–H groups in total. The molecule has 0 radical (unpaired) electrons. The fourth-order valence-electron chi connectivity index (χ4n) is 3.74. The first-order valence-electron chi connectivity index (χ1n) is 10.3. The van der Waals surface area contributed by atoms with Gasteiger partial charge in [0.1, 0.15) is 0 Å². The number of hydrogen-bond acceptors (Lipinski definition) is 4. The molecule has 1 aliphatic heterocycles. The maximum atomic E-state index is 14.9. The van der Waals surface area contributed by atoms with Crippen molar-refractivity contribution in [2.24, 2.45) is 5.41 Å². The third-order valence-electron chi connectivity index (χ3n) is 5.62. The lowest BCUT2D eigenvalue weighted by Gasteiger charge is -2.36. The summed E-state index contributed by atoms with van der Waals surface area (Å²) in [5.41, 5.74) is 1.98. The highest BCUT2D eigenvalue weighted by Gasteiger charge is 2.35. The van der Waals surface area contributed by atoms with Crippen LogP contribution in [0.15, 0.2) is 59.7 Å². The van der Waals surface area contributed by atoms with Gasteiger partial charge in [-0.1, -0.05) is 44.9 Å². The van der Waals surface area contributed by atoms with Crippen molar-refractivity contribution >= 4 is 29.1 Å². The number of thioether (sulfide) groups is 1. The number of hydrogen-bond donors (Lipinski definition) is 1. The summed E-state index contributed by atoms with van der Waals surface area (Å²) in [6, 6.07) is 13.3. The smallest absolute Gasteiger partial charge is 0.331 e. The molecular formula is C24H28FNO3S. The zero-order valence-corrected chi connectivity index (χ0v) is 18.3. The number of para-hydroxylation sites is 1. The van der Waals surface area contributed by atoms with E-state index in [-0.39, 0.29) is 11.2 Å². The Morgan fingerprint density at radius 3 is 2.73 bits per heavy atom. The third kappa shape index (κ3) is 5.17. The summed E-state index contributed by atoms with van der Waals surface area (Å²) < 4.78 is 20.1. The molecule has 0 aromatic heterocycles. The van der Waals surface area contributed by atoms with Gasteiger partial charge in [0.15, 0.2) is 11.6 Å². The minimum absolute atomic E-state index is 0.0318. The minimum Gasteiger partial charge on any atom is -0.478 e. The summed E-state index contributed by atoms with van der Waals surface area (Å²) >= 11 is 1.72. The Labute approximate surface area is 181 Å². The molecule has 160 valence electrons. The van der Waals surface area contributed by atoms with Crippen LogP contribution in [0, 0.1) is 11.2 Å². The van der Waals surface area contributed by atoms with Crippen molar-refractivity contribution in [3.8, 4) is 5.75 Å². The van der Waals surface area contributed by atoms with Crippen molar-refractivity contribution in [2.75, 3.05) is 17.2 Å². The van der Waals surface area contributed by atoms with Crippen LogP contribution in [0.25, 0.3) is 0 Å². The normalized spacial score (nSPS) is 18.8. The van der Waals surface area contributed by atoms with E-state index in [0.717, 1.165) is 66.6 Å². The lowest BCUT2D eigenvalue weighted by atomic mass is 9.81. The highest BCUT2D eigenvalue weighted by atomic mass is 32.2. The summed E-state index contributed by atoms with van der Waals surface area (Å²) in [5, 5.41) is 8.74. The van der Waals surface area contributed by atoms with Crippen LogP contribution in [0.3, 0.4) is 0 Å². The molecular weight excluding hydrogens is 401 g/mol. The number of anilines is 2. The highest BCUT2D eigenvalue weighted by molar-refractivity contribution is 7.99. The predicted octanol–water partition coefficient (Wildman–Crippen LogP) is 6.63. The first-order valence-corrected chi connectivity index (χ1v) is 11.3. The largest absolute Gasteiger partial charge is 0.478 e. The number of rotatable bonds is 8. The van der Waals surface area contributed by atoms with Gasteiger partial charge in [-0.15, -0.1) is 11.8 Å². The van der Waals surface area contributed by atoms with Gasteiger partial charge in [-0.05, 0) is 36.5 Å². The van der Waals surface area contributed by atoms with E-state index >= 15 is 0 Å². The molecule has 6 heteroatoms. The van der Waals surface area contributed by atoms with Crippen LogP contribution in [-0.2, 0) is 4.79 Å². The van der Waals surface area contributed by atoms with E-state index in [1.54, 1.807) is 17.8 Å². The Hall–Kier alpha value is -2.47. The summed E-state index contributed by atoms with van der Waals surface area (Å²) in [4.78, 5) is 13.8. The van der Waals surface area contributed by atoms with Gasteiger partial charge in [0.05, 0.1) is 18.0 Å². The lowest BCUT2D eigenvalue weighted by Crippen LogP contribution is -2.36. The van der Waals surface area contributed by atoms with E-state index in [4.69, 9.17) is 9.84 Å². The molecule has 1 heterocycles. The number of carboxylic acid groups (broad SMARTS) is 1. The van der Waals surface area contributed by atoms with Crippen molar-refractivity contribution in [1.29, 1.82) is 0 Å². The summed E-state index contributed by atoms with van der Waals surface area (Å²) in [7, 11) is 0. The van der Waals surface area contributed by atoms with E-state index < -0.39 is 11.8 Å². The van der Waals surface area contributed by atoms with Gasteiger partial charge in [0, 0.05) is 28.9 Å². The number of ether oxygens (including phenoxy) is 1. The van der Waals surface area contributed by atoms with Crippen molar-refractivity contribution in [2.45, 2.75) is 44.4 Å². The molecule has 0 saturated heterocycles. The zero-order chi connectivity index (χ0) is 21.6. The maximum absolute atomic E-state index is 14.9. The standard InChI is InChI=1S/C24H28FNO3S/c1-3-5-12-24(4-2)16-26(18-9-7-6-8-10-18)20-14-19(25)21(15-22(20)30-17-24)29-13-11-23(27)28/h6-11,13-15H,3-5,12,16-17H2,1-2H3,(H,27,28)/b13-11+. The predicted molar refractivity (Wildman–Crippen MR) is 120 cm³/mol. The summed E-state index contributed by atoms with van der Waals surface area (Å²) in [6.07, 6.45) is 6.33. The SMILES string of the molecule is CCCCC1(CC)CSc2cc(O/C=C/C(=O)O)c(F)cc2N(c2ccccc2)C1. The second-order valence-electron chi connectivity index (χ2n) is 7.68. The van der Waals surface area contributed by atoms with Gasteiger partial charge in [-0.25, -0.2) is 9.18 Å². The third-order valence-corrected chi connectivity index (χ3v) is 7.01.